The summed E-state index contributed by atoms with van der Waals surface area (Å²) < 4.78 is 34.2. The third kappa shape index (κ3) is 5.60. The first kappa shape index (κ1) is 23.6. The van der Waals surface area contributed by atoms with Crippen LogP contribution in [0.5, 0.6) is 5.75 Å². The molecule has 0 aliphatic rings. The Hall–Kier alpha value is -3.04. The Bertz CT molecular complexity index is 1200. The molecular weight excluding hydrogens is 484 g/mol. The molecule has 3 N–H and O–H groups in total. The fraction of sp³-hybridized carbons (Fsp3) is 0.217. The zero-order valence-corrected chi connectivity index (χ0v) is 18.9. The maximum Gasteiger partial charge on any atom is 0.269 e. The lowest BCUT2D eigenvalue weighted by atomic mass is 10.1. The molecule has 0 aliphatic carbocycles. The Morgan fingerprint density at radius 3 is 2.69 bits per heavy atom. The number of benzene rings is 2. The maximum absolute atomic E-state index is 13.8. The molecule has 9 heteroatoms. The molecule has 3 rings (SSSR count). The quantitative estimate of drug-likeness (QED) is 0.490. The molecule has 0 bridgehead atoms. The van der Waals surface area contributed by atoms with Gasteiger partial charge in [-0.15, -0.1) is 0 Å². The molecule has 0 atom stereocenters. The lowest BCUT2D eigenvalue weighted by Crippen LogP contribution is -2.29. The summed E-state index contributed by atoms with van der Waals surface area (Å²) in [5.74, 6) is -1.38. The summed E-state index contributed by atoms with van der Waals surface area (Å²) in [6.45, 7) is 2.55. The topological polar surface area (TPSA) is 86.3 Å². The number of hydrogen-bond acceptors (Lipinski definition) is 4. The van der Waals surface area contributed by atoms with E-state index in [2.05, 4.69) is 21.2 Å². The molecule has 0 aliphatic heterocycles. The van der Waals surface area contributed by atoms with Crippen LogP contribution in [0.25, 0.3) is 0 Å². The van der Waals surface area contributed by atoms with Crippen molar-refractivity contribution in [3.63, 3.8) is 0 Å². The minimum absolute atomic E-state index is 0.159. The number of nitrogens with zero attached hydrogens (tertiary/aromatic N) is 1. The molecule has 1 amide bonds. The first-order valence-electron chi connectivity index (χ1n) is 9.84. The Balaban J connectivity index is 1.80. The van der Waals surface area contributed by atoms with Crippen molar-refractivity contribution in [1.82, 2.24) is 9.88 Å². The number of ether oxygens (including phenoxy) is 1. The average molecular weight is 506 g/mol. The van der Waals surface area contributed by atoms with E-state index in [9.17, 15) is 18.4 Å². The van der Waals surface area contributed by atoms with Gasteiger partial charge in [0.1, 0.15) is 28.5 Å². The van der Waals surface area contributed by atoms with E-state index in [0.717, 1.165) is 17.7 Å². The van der Waals surface area contributed by atoms with Crippen LogP contribution < -0.4 is 21.3 Å². The van der Waals surface area contributed by atoms with Crippen molar-refractivity contribution in [2.75, 3.05) is 13.1 Å². The number of rotatable bonds is 8. The highest BCUT2D eigenvalue weighted by Gasteiger charge is 2.14. The summed E-state index contributed by atoms with van der Waals surface area (Å²) in [5, 5.41) is 2.71. The molecule has 2 aromatic carbocycles. The summed E-state index contributed by atoms with van der Waals surface area (Å²) in [6, 6.07) is 11.8. The molecule has 0 saturated heterocycles. The average Bonchev–Trinajstić information content (AvgIpc) is 2.77. The van der Waals surface area contributed by atoms with E-state index in [-0.39, 0.29) is 40.4 Å². The number of carbonyl (C=O) groups excluding carboxylic acids is 1. The third-order valence-electron chi connectivity index (χ3n) is 4.77. The van der Waals surface area contributed by atoms with E-state index in [4.69, 9.17) is 10.5 Å². The van der Waals surface area contributed by atoms with Gasteiger partial charge in [0.05, 0.1) is 6.54 Å². The highest BCUT2D eigenvalue weighted by atomic mass is 79.9. The summed E-state index contributed by atoms with van der Waals surface area (Å²) in [6.07, 6.45) is 0. The molecule has 0 saturated carbocycles. The zero-order valence-electron chi connectivity index (χ0n) is 17.3. The molecule has 0 unspecified atom stereocenters. The number of nitrogens with two attached hydrogens (primary N) is 1. The number of aryl methyl sites for hydroxylation is 1. The summed E-state index contributed by atoms with van der Waals surface area (Å²) in [7, 11) is 0. The number of hydrogen-bond donors (Lipinski definition) is 2. The number of halogens is 3. The largest absolute Gasteiger partial charge is 0.487 e. The van der Waals surface area contributed by atoms with Gasteiger partial charge in [-0.25, -0.2) is 8.78 Å². The molecule has 1 aromatic heterocycles. The molecular formula is C23H22BrF2N3O3. The van der Waals surface area contributed by atoms with Crippen molar-refractivity contribution in [1.29, 1.82) is 0 Å². The molecule has 0 spiro atoms. The van der Waals surface area contributed by atoms with Gasteiger partial charge in [0.15, 0.2) is 0 Å². The molecule has 168 valence electrons. The van der Waals surface area contributed by atoms with E-state index >= 15 is 0 Å². The van der Waals surface area contributed by atoms with Crippen LogP contribution in [-0.2, 0) is 13.2 Å². The summed E-state index contributed by atoms with van der Waals surface area (Å²) in [5.41, 5.74) is 7.11. The Morgan fingerprint density at radius 2 is 1.97 bits per heavy atom. The van der Waals surface area contributed by atoms with Gasteiger partial charge in [-0.05, 0) is 52.7 Å². The second kappa shape index (κ2) is 10.5. The van der Waals surface area contributed by atoms with Gasteiger partial charge in [0.2, 0.25) is 0 Å². The van der Waals surface area contributed by atoms with Crippen LogP contribution in [0.1, 0.15) is 27.2 Å². The van der Waals surface area contributed by atoms with Crippen molar-refractivity contribution in [2.24, 2.45) is 5.73 Å². The van der Waals surface area contributed by atoms with Gasteiger partial charge in [0.25, 0.3) is 11.5 Å². The molecule has 6 nitrogen and oxygen atoms in total. The maximum atomic E-state index is 13.8. The summed E-state index contributed by atoms with van der Waals surface area (Å²) >= 11 is 3.26. The van der Waals surface area contributed by atoms with Crippen LogP contribution in [-0.4, -0.2) is 23.6 Å². The third-order valence-corrected chi connectivity index (χ3v) is 5.50. The number of amides is 1. The molecule has 0 fully saturated rings. The van der Waals surface area contributed by atoms with Gasteiger partial charge in [-0.3, -0.25) is 9.59 Å². The van der Waals surface area contributed by atoms with Crippen molar-refractivity contribution in [2.45, 2.75) is 20.1 Å². The monoisotopic (exact) mass is 505 g/mol. The van der Waals surface area contributed by atoms with Crippen LogP contribution in [0.3, 0.4) is 0 Å². The predicted octanol–water partition coefficient (Wildman–Crippen LogP) is 3.51. The molecule has 32 heavy (non-hydrogen) atoms. The number of pyridine rings is 1. The van der Waals surface area contributed by atoms with Gasteiger partial charge in [-0.2, -0.15) is 0 Å². The minimum atomic E-state index is -0.721. The Morgan fingerprint density at radius 1 is 1.19 bits per heavy atom. The summed E-state index contributed by atoms with van der Waals surface area (Å²) in [4.78, 5) is 25.1. The second-order valence-electron chi connectivity index (χ2n) is 7.12. The van der Waals surface area contributed by atoms with Gasteiger partial charge < -0.3 is 20.4 Å². The number of nitrogens with one attached hydrogen (secondary N) is 1. The van der Waals surface area contributed by atoms with Crippen LogP contribution in [0.15, 0.2) is 57.8 Å². The van der Waals surface area contributed by atoms with Crippen molar-refractivity contribution >= 4 is 21.8 Å². The van der Waals surface area contributed by atoms with Gasteiger partial charge in [-0.1, -0.05) is 12.1 Å². The highest BCUT2D eigenvalue weighted by molar-refractivity contribution is 9.10. The Kier molecular flexibility index (Phi) is 7.76. The van der Waals surface area contributed by atoms with E-state index in [0.29, 0.717) is 24.3 Å². The highest BCUT2D eigenvalue weighted by Crippen LogP contribution is 2.24. The first-order valence-corrected chi connectivity index (χ1v) is 10.6. The lowest BCUT2D eigenvalue weighted by molar-refractivity contribution is 0.0954. The van der Waals surface area contributed by atoms with E-state index in [1.54, 1.807) is 31.2 Å². The van der Waals surface area contributed by atoms with Gasteiger partial charge in [0, 0.05) is 42.0 Å². The van der Waals surface area contributed by atoms with E-state index in [1.807, 2.05) is 6.07 Å². The van der Waals surface area contributed by atoms with Crippen molar-refractivity contribution in [3.05, 3.63) is 97.4 Å². The van der Waals surface area contributed by atoms with Crippen LogP contribution in [0, 0.1) is 18.6 Å². The fourth-order valence-corrected chi connectivity index (χ4v) is 3.54. The second-order valence-corrected chi connectivity index (χ2v) is 7.92. The molecule has 1 heterocycles. The predicted molar refractivity (Wildman–Crippen MR) is 121 cm³/mol. The SMILES string of the molecule is Cc1cc(OCc2ccc(F)cc2F)c(Br)c(=O)n1Cc1cccc(C(=O)NCCN)c1. The zero-order chi connectivity index (χ0) is 23.3. The molecule has 3 aromatic rings. The lowest BCUT2D eigenvalue weighted by Gasteiger charge is -2.15. The van der Waals surface area contributed by atoms with E-state index < -0.39 is 11.6 Å². The van der Waals surface area contributed by atoms with Crippen LogP contribution in [0.4, 0.5) is 8.78 Å². The van der Waals surface area contributed by atoms with E-state index in [1.165, 1.54) is 10.6 Å². The van der Waals surface area contributed by atoms with Crippen LogP contribution >= 0.6 is 15.9 Å². The normalized spacial score (nSPS) is 10.8. The van der Waals surface area contributed by atoms with Gasteiger partial charge >= 0.3 is 0 Å². The number of aromatic nitrogens is 1. The number of carbonyl (C=O) groups is 1. The van der Waals surface area contributed by atoms with Crippen molar-refractivity contribution in [3.8, 4) is 5.75 Å². The van der Waals surface area contributed by atoms with Crippen LogP contribution in [0.2, 0.25) is 0 Å². The minimum Gasteiger partial charge on any atom is -0.487 e. The smallest absolute Gasteiger partial charge is 0.269 e. The molecule has 0 radical (unpaired) electrons. The fourth-order valence-electron chi connectivity index (χ4n) is 3.09. The Labute approximate surface area is 192 Å². The van der Waals surface area contributed by atoms with Crippen molar-refractivity contribution < 1.29 is 18.3 Å². The standard InChI is InChI=1S/C23H22BrF2N3O3/c1-14-9-20(32-13-17-5-6-18(25)11-19(17)26)21(24)23(31)29(14)12-15-3-2-4-16(10-15)22(30)28-8-7-27/h2-6,9-11H,7-8,12-13,27H2,1H3,(H,28,30). The first-order chi connectivity index (χ1) is 15.3.